The van der Waals surface area contributed by atoms with Crippen molar-refractivity contribution >= 4 is 34.4 Å². The van der Waals surface area contributed by atoms with Crippen molar-refractivity contribution in [3.05, 3.63) is 0 Å². The van der Waals surface area contributed by atoms with Gasteiger partial charge in [0.1, 0.15) is 0 Å². The Morgan fingerprint density at radius 3 is 1.55 bits per heavy atom. The van der Waals surface area contributed by atoms with Gasteiger partial charge in [-0.1, -0.05) is 43.7 Å². The van der Waals surface area contributed by atoms with Crippen molar-refractivity contribution in [3.63, 3.8) is 0 Å². The van der Waals surface area contributed by atoms with Crippen LogP contribution in [0.2, 0.25) is 0 Å². The quantitative estimate of drug-likeness (QED) is 0.756. The van der Waals surface area contributed by atoms with E-state index in [-0.39, 0.29) is 18.8 Å². The predicted octanol–water partition coefficient (Wildman–Crippen LogP) is 3.95. The van der Waals surface area contributed by atoms with Gasteiger partial charge in [0.05, 0.1) is 9.98 Å². The molecule has 0 spiro atoms. The molecule has 2 aliphatic carbocycles. The molecule has 0 amide bonds. The highest BCUT2D eigenvalue weighted by atomic mass is 32.1. The Kier molecular flexibility index (Phi) is 7.23. The normalized spacial score (nSPS) is 23.5. The first-order valence-electron chi connectivity index (χ1n) is 7.28. The maximum Gasteiger partial charge on any atom is 0.248 e. The van der Waals surface area contributed by atoms with E-state index in [9.17, 15) is 8.78 Å². The van der Waals surface area contributed by atoms with Gasteiger partial charge in [-0.25, -0.2) is 8.78 Å². The number of rotatable bonds is 2. The molecule has 0 aromatic carbocycles. The van der Waals surface area contributed by atoms with E-state index in [0.717, 1.165) is 4.99 Å². The fourth-order valence-corrected chi connectivity index (χ4v) is 3.18. The summed E-state index contributed by atoms with van der Waals surface area (Å²) in [6.45, 7) is 0. The molecule has 2 rings (SSSR count). The summed E-state index contributed by atoms with van der Waals surface area (Å²) in [6, 6.07) is 0. The molecule has 0 radical (unpaired) electrons. The van der Waals surface area contributed by atoms with Gasteiger partial charge < -0.3 is 11.5 Å². The molecular formula is C14H24F2N2S2. The van der Waals surface area contributed by atoms with E-state index in [0.29, 0.717) is 23.7 Å². The number of alkyl halides is 2. The molecule has 6 heteroatoms. The molecule has 0 aliphatic heterocycles. The molecule has 0 bridgehead atoms. The molecule has 116 valence electrons. The van der Waals surface area contributed by atoms with Gasteiger partial charge in [-0.15, -0.1) is 0 Å². The minimum Gasteiger partial charge on any atom is -0.393 e. The lowest BCUT2D eigenvalue weighted by Crippen LogP contribution is -2.31. The van der Waals surface area contributed by atoms with Crippen LogP contribution in [0.5, 0.6) is 0 Å². The summed E-state index contributed by atoms with van der Waals surface area (Å²) >= 11 is 9.62. The number of hydrogen-bond acceptors (Lipinski definition) is 2. The molecule has 0 atom stereocenters. The van der Waals surface area contributed by atoms with Gasteiger partial charge in [-0.2, -0.15) is 0 Å². The third-order valence-corrected chi connectivity index (χ3v) is 4.79. The summed E-state index contributed by atoms with van der Waals surface area (Å²) in [6.07, 6.45) is 7.25. The number of halogens is 2. The predicted molar refractivity (Wildman–Crippen MR) is 87.1 cm³/mol. The van der Waals surface area contributed by atoms with Crippen LogP contribution in [-0.4, -0.2) is 15.9 Å². The van der Waals surface area contributed by atoms with Crippen LogP contribution < -0.4 is 11.5 Å². The van der Waals surface area contributed by atoms with E-state index in [1.807, 2.05) is 0 Å². The van der Waals surface area contributed by atoms with Crippen LogP contribution in [0.3, 0.4) is 0 Å². The Morgan fingerprint density at radius 1 is 0.800 bits per heavy atom. The van der Waals surface area contributed by atoms with E-state index < -0.39 is 5.92 Å². The van der Waals surface area contributed by atoms with Crippen LogP contribution in [0.25, 0.3) is 0 Å². The molecule has 2 nitrogen and oxygen atoms in total. The minimum atomic E-state index is -2.47. The summed E-state index contributed by atoms with van der Waals surface area (Å²) in [7, 11) is 0. The zero-order chi connectivity index (χ0) is 15.2. The SMILES string of the molecule is NC(=S)C1CCC(F)(F)CC1.NC(=S)C1CCCCC1. The summed E-state index contributed by atoms with van der Waals surface area (Å²) in [5.41, 5.74) is 10.8. The molecule has 0 aromatic rings. The Bertz CT molecular complexity index is 332. The number of thiocarbonyl (C=S) groups is 2. The highest BCUT2D eigenvalue weighted by molar-refractivity contribution is 7.80. The molecular weight excluding hydrogens is 298 g/mol. The number of hydrogen-bond donors (Lipinski definition) is 2. The van der Waals surface area contributed by atoms with Gasteiger partial charge in [0.25, 0.3) is 0 Å². The third-order valence-electron chi connectivity index (χ3n) is 4.13. The Labute approximate surface area is 130 Å². The monoisotopic (exact) mass is 322 g/mol. The molecule has 2 fully saturated rings. The van der Waals surface area contributed by atoms with E-state index in [2.05, 4.69) is 0 Å². The van der Waals surface area contributed by atoms with Crippen molar-refractivity contribution in [2.24, 2.45) is 23.3 Å². The Hall–Kier alpha value is -0.360. The van der Waals surface area contributed by atoms with E-state index >= 15 is 0 Å². The van der Waals surface area contributed by atoms with Crippen molar-refractivity contribution in [2.75, 3.05) is 0 Å². The fraction of sp³-hybridized carbons (Fsp3) is 0.857. The van der Waals surface area contributed by atoms with E-state index in [4.69, 9.17) is 35.9 Å². The summed E-state index contributed by atoms with van der Waals surface area (Å²) in [5, 5.41) is 0. The first kappa shape index (κ1) is 17.7. The second-order valence-corrected chi connectivity index (χ2v) is 6.71. The van der Waals surface area contributed by atoms with Crippen LogP contribution in [-0.2, 0) is 0 Å². The third kappa shape index (κ3) is 6.39. The van der Waals surface area contributed by atoms with Crippen molar-refractivity contribution < 1.29 is 8.78 Å². The van der Waals surface area contributed by atoms with Crippen molar-refractivity contribution in [1.29, 1.82) is 0 Å². The van der Waals surface area contributed by atoms with Crippen molar-refractivity contribution in [1.82, 2.24) is 0 Å². The molecule has 0 aromatic heterocycles. The molecule has 0 saturated heterocycles. The van der Waals surface area contributed by atoms with E-state index in [1.165, 1.54) is 32.1 Å². The van der Waals surface area contributed by atoms with Crippen molar-refractivity contribution in [2.45, 2.75) is 63.7 Å². The van der Waals surface area contributed by atoms with Gasteiger partial charge in [0, 0.05) is 24.7 Å². The van der Waals surface area contributed by atoms with Gasteiger partial charge in [-0.05, 0) is 25.7 Å². The van der Waals surface area contributed by atoms with Crippen LogP contribution in [0.4, 0.5) is 8.78 Å². The smallest absolute Gasteiger partial charge is 0.248 e. The first-order valence-corrected chi connectivity index (χ1v) is 8.10. The Balaban J connectivity index is 0.000000204. The topological polar surface area (TPSA) is 52.0 Å². The van der Waals surface area contributed by atoms with Gasteiger partial charge in [0.15, 0.2) is 0 Å². The average molecular weight is 322 g/mol. The number of nitrogens with two attached hydrogens (primary N) is 2. The molecule has 0 heterocycles. The van der Waals surface area contributed by atoms with Crippen LogP contribution in [0, 0.1) is 11.8 Å². The average Bonchev–Trinajstić information content (AvgIpc) is 2.40. The van der Waals surface area contributed by atoms with Gasteiger partial charge in [-0.3, -0.25) is 0 Å². The van der Waals surface area contributed by atoms with Crippen LogP contribution in [0.1, 0.15) is 57.8 Å². The summed E-state index contributed by atoms with van der Waals surface area (Å²) in [5.74, 6) is -1.86. The second-order valence-electron chi connectivity index (χ2n) is 5.77. The lowest BCUT2D eigenvalue weighted by Gasteiger charge is -2.27. The maximum atomic E-state index is 12.6. The first-order chi connectivity index (χ1) is 9.32. The minimum absolute atomic E-state index is 0.0459. The lowest BCUT2D eigenvalue weighted by atomic mass is 9.87. The fourth-order valence-electron chi connectivity index (χ4n) is 2.71. The molecule has 2 saturated carbocycles. The second kappa shape index (κ2) is 8.17. The Morgan fingerprint density at radius 2 is 1.20 bits per heavy atom. The molecule has 20 heavy (non-hydrogen) atoms. The molecule has 0 unspecified atom stereocenters. The summed E-state index contributed by atoms with van der Waals surface area (Å²) < 4.78 is 25.1. The molecule has 2 aliphatic rings. The zero-order valence-electron chi connectivity index (χ0n) is 11.7. The maximum absolute atomic E-state index is 12.6. The van der Waals surface area contributed by atoms with Gasteiger partial charge >= 0.3 is 0 Å². The lowest BCUT2D eigenvalue weighted by molar-refractivity contribution is -0.0392. The summed E-state index contributed by atoms with van der Waals surface area (Å²) in [4.78, 5) is 1.12. The van der Waals surface area contributed by atoms with Crippen molar-refractivity contribution in [3.8, 4) is 0 Å². The largest absolute Gasteiger partial charge is 0.393 e. The van der Waals surface area contributed by atoms with E-state index in [1.54, 1.807) is 0 Å². The van der Waals surface area contributed by atoms with Crippen LogP contribution >= 0.6 is 24.4 Å². The highest BCUT2D eigenvalue weighted by Crippen LogP contribution is 2.36. The molecule has 4 N–H and O–H groups in total. The van der Waals surface area contributed by atoms with Gasteiger partial charge in [0.2, 0.25) is 5.92 Å². The standard InChI is InChI=1S/C7H11F2NS.C7H13NS/c8-7(9)3-1-5(2-4-7)6(10)11;8-7(9)6-4-2-1-3-5-6/h5H,1-4H2,(H2,10,11);6H,1-5H2,(H2,8,9). The zero-order valence-corrected chi connectivity index (χ0v) is 13.4. The highest BCUT2D eigenvalue weighted by Gasteiger charge is 2.35. The van der Waals surface area contributed by atoms with Crippen LogP contribution in [0.15, 0.2) is 0 Å².